The van der Waals surface area contributed by atoms with Crippen LogP contribution in [0, 0.1) is 0 Å². The minimum absolute atomic E-state index is 0.103. The number of carbonyl (C=O) groups excluding carboxylic acids is 1. The molecule has 2 fully saturated rings. The molecule has 0 spiro atoms. The molecule has 1 aliphatic heterocycles. The Morgan fingerprint density at radius 1 is 1.58 bits per heavy atom. The Morgan fingerprint density at radius 2 is 2.32 bits per heavy atom. The molecule has 1 aliphatic carbocycles. The number of hydrogen-bond donors (Lipinski definition) is 1. The third-order valence-electron chi connectivity index (χ3n) is 3.19. The molecule has 0 aromatic carbocycles. The van der Waals surface area contributed by atoms with E-state index in [9.17, 15) is 14.7 Å². The second-order valence-electron chi connectivity index (χ2n) is 4.55. The molecule has 1 aromatic rings. The summed E-state index contributed by atoms with van der Waals surface area (Å²) in [5.74, 6) is -1.27. The predicted molar refractivity (Wildman–Crippen MR) is 67.1 cm³/mol. The zero-order valence-electron chi connectivity index (χ0n) is 9.78. The summed E-state index contributed by atoms with van der Waals surface area (Å²) in [4.78, 5) is 29.0. The van der Waals surface area contributed by atoms with Crippen LogP contribution in [0.1, 0.15) is 23.9 Å². The molecule has 3 rings (SSSR count). The highest BCUT2D eigenvalue weighted by molar-refractivity contribution is 7.15. The zero-order valence-corrected chi connectivity index (χ0v) is 11.4. The SMILES string of the molecule is O=C(O)C1OCC(=O)N(C2CC2)C1c1ncc(Cl)s1. The van der Waals surface area contributed by atoms with E-state index in [1.807, 2.05) is 0 Å². The van der Waals surface area contributed by atoms with Gasteiger partial charge in [0.1, 0.15) is 22.0 Å². The van der Waals surface area contributed by atoms with E-state index in [0.29, 0.717) is 9.34 Å². The van der Waals surface area contributed by atoms with Crippen LogP contribution in [-0.2, 0) is 14.3 Å². The van der Waals surface area contributed by atoms with E-state index in [2.05, 4.69) is 4.98 Å². The number of morpholine rings is 1. The number of ether oxygens (including phenoxy) is 1. The van der Waals surface area contributed by atoms with Crippen LogP contribution < -0.4 is 0 Å². The van der Waals surface area contributed by atoms with Gasteiger partial charge in [0.05, 0.1) is 6.20 Å². The van der Waals surface area contributed by atoms with Crippen LogP contribution >= 0.6 is 22.9 Å². The third kappa shape index (κ3) is 2.33. The fraction of sp³-hybridized carbons (Fsp3) is 0.545. The smallest absolute Gasteiger partial charge is 0.335 e. The van der Waals surface area contributed by atoms with Gasteiger partial charge in [-0.25, -0.2) is 9.78 Å². The number of halogens is 1. The van der Waals surface area contributed by atoms with Gasteiger partial charge in [-0.15, -0.1) is 11.3 Å². The fourth-order valence-electron chi connectivity index (χ4n) is 2.27. The highest BCUT2D eigenvalue weighted by Gasteiger charge is 2.48. The highest BCUT2D eigenvalue weighted by atomic mass is 35.5. The predicted octanol–water partition coefficient (Wildman–Crippen LogP) is 1.31. The molecule has 2 unspecified atom stereocenters. The molecule has 0 bridgehead atoms. The Morgan fingerprint density at radius 3 is 2.84 bits per heavy atom. The number of thiazole rings is 1. The summed E-state index contributed by atoms with van der Waals surface area (Å²) < 4.78 is 5.63. The normalized spacial score (nSPS) is 27.6. The van der Waals surface area contributed by atoms with Crippen molar-refractivity contribution < 1.29 is 19.4 Å². The maximum atomic E-state index is 12.0. The van der Waals surface area contributed by atoms with Crippen molar-refractivity contribution in [2.24, 2.45) is 0 Å². The first-order valence-electron chi connectivity index (χ1n) is 5.84. The molecule has 2 aliphatic rings. The van der Waals surface area contributed by atoms with Crippen LogP contribution in [0.25, 0.3) is 0 Å². The first-order chi connectivity index (χ1) is 9.08. The minimum Gasteiger partial charge on any atom is -0.479 e. The van der Waals surface area contributed by atoms with Crippen molar-refractivity contribution in [2.45, 2.75) is 31.0 Å². The third-order valence-corrected chi connectivity index (χ3v) is 4.38. The summed E-state index contributed by atoms with van der Waals surface area (Å²) in [5, 5.41) is 9.78. The van der Waals surface area contributed by atoms with Crippen molar-refractivity contribution in [3.63, 3.8) is 0 Å². The number of rotatable bonds is 3. The molecule has 1 saturated carbocycles. The number of amides is 1. The summed E-state index contributed by atoms with van der Waals surface area (Å²) in [6.07, 6.45) is 2.17. The van der Waals surface area contributed by atoms with Crippen molar-refractivity contribution in [1.29, 1.82) is 0 Å². The van der Waals surface area contributed by atoms with E-state index in [0.717, 1.165) is 12.8 Å². The van der Waals surface area contributed by atoms with Crippen molar-refractivity contribution in [1.82, 2.24) is 9.88 Å². The van der Waals surface area contributed by atoms with Crippen LogP contribution in [-0.4, -0.2) is 45.6 Å². The van der Waals surface area contributed by atoms with Gasteiger partial charge < -0.3 is 14.7 Å². The van der Waals surface area contributed by atoms with Gasteiger partial charge in [0.25, 0.3) is 0 Å². The van der Waals surface area contributed by atoms with Gasteiger partial charge >= 0.3 is 5.97 Å². The number of carbonyl (C=O) groups is 2. The molecule has 0 radical (unpaired) electrons. The Bertz CT molecular complexity index is 531. The average molecular weight is 303 g/mol. The van der Waals surface area contributed by atoms with Crippen LogP contribution in [0.15, 0.2) is 6.20 Å². The van der Waals surface area contributed by atoms with Gasteiger partial charge in [-0.2, -0.15) is 0 Å². The van der Waals surface area contributed by atoms with E-state index in [-0.39, 0.29) is 18.6 Å². The molecule has 1 saturated heterocycles. The molecule has 6 nitrogen and oxygen atoms in total. The van der Waals surface area contributed by atoms with Gasteiger partial charge in [-0.3, -0.25) is 4.79 Å². The van der Waals surface area contributed by atoms with E-state index in [1.54, 1.807) is 4.90 Å². The number of hydrogen-bond acceptors (Lipinski definition) is 5. The Balaban J connectivity index is 1.99. The summed E-state index contributed by atoms with van der Waals surface area (Å²) >= 11 is 7.03. The maximum absolute atomic E-state index is 12.0. The van der Waals surface area contributed by atoms with E-state index >= 15 is 0 Å². The lowest BCUT2D eigenvalue weighted by Gasteiger charge is -2.38. The lowest BCUT2D eigenvalue weighted by atomic mass is 10.1. The molecule has 1 aromatic heterocycles. The minimum atomic E-state index is -1.09. The number of aliphatic carboxylic acids is 1. The maximum Gasteiger partial charge on any atom is 0.335 e. The second-order valence-corrected chi connectivity index (χ2v) is 6.24. The molecule has 2 heterocycles. The van der Waals surface area contributed by atoms with Crippen LogP contribution in [0.5, 0.6) is 0 Å². The van der Waals surface area contributed by atoms with Crippen molar-refractivity contribution in [2.75, 3.05) is 6.61 Å². The molecule has 102 valence electrons. The molecule has 19 heavy (non-hydrogen) atoms. The molecule has 1 amide bonds. The number of carboxylic acids is 1. The zero-order chi connectivity index (χ0) is 13.6. The van der Waals surface area contributed by atoms with E-state index in [1.165, 1.54) is 17.5 Å². The van der Waals surface area contributed by atoms with Crippen LogP contribution in [0.2, 0.25) is 4.34 Å². The van der Waals surface area contributed by atoms with Gasteiger partial charge in [0.15, 0.2) is 6.10 Å². The van der Waals surface area contributed by atoms with Gasteiger partial charge in [-0.05, 0) is 12.8 Å². The van der Waals surface area contributed by atoms with E-state index in [4.69, 9.17) is 16.3 Å². The van der Waals surface area contributed by atoms with Gasteiger partial charge in [0, 0.05) is 6.04 Å². The molecular weight excluding hydrogens is 292 g/mol. The van der Waals surface area contributed by atoms with Crippen LogP contribution in [0.4, 0.5) is 0 Å². The largest absolute Gasteiger partial charge is 0.479 e. The van der Waals surface area contributed by atoms with Gasteiger partial charge in [-0.1, -0.05) is 11.6 Å². The molecule has 8 heteroatoms. The summed E-state index contributed by atoms with van der Waals surface area (Å²) in [6.45, 7) is -0.191. The number of aromatic nitrogens is 1. The topological polar surface area (TPSA) is 79.7 Å². The quantitative estimate of drug-likeness (QED) is 0.910. The Kier molecular flexibility index (Phi) is 3.20. The monoisotopic (exact) mass is 302 g/mol. The summed E-state index contributed by atoms with van der Waals surface area (Å²) in [5.41, 5.74) is 0. The first-order valence-corrected chi connectivity index (χ1v) is 7.04. The van der Waals surface area contributed by atoms with Crippen LogP contribution in [0.3, 0.4) is 0 Å². The number of carboxylic acid groups (broad SMARTS) is 1. The Labute approximate surface area is 117 Å². The van der Waals surface area contributed by atoms with Crippen molar-refractivity contribution in [3.8, 4) is 0 Å². The molecular formula is C11H11ClN2O4S. The Hall–Kier alpha value is -1.18. The standard InChI is InChI=1S/C11H11ClN2O4S/c12-6-3-13-10(19-6)8-9(11(16)17)18-4-7(15)14(8)5-1-2-5/h3,5,8-9H,1-2,4H2,(H,16,17). The lowest BCUT2D eigenvalue weighted by Crippen LogP contribution is -2.52. The first kappa shape index (κ1) is 12.8. The van der Waals surface area contributed by atoms with E-state index < -0.39 is 18.1 Å². The summed E-state index contributed by atoms with van der Waals surface area (Å²) in [6, 6.07) is -0.574. The summed E-state index contributed by atoms with van der Waals surface area (Å²) in [7, 11) is 0. The highest BCUT2D eigenvalue weighted by Crippen LogP contribution is 2.41. The fourth-order valence-corrected chi connectivity index (χ4v) is 3.32. The van der Waals surface area contributed by atoms with Crippen molar-refractivity contribution >= 4 is 34.8 Å². The number of nitrogens with zero attached hydrogens (tertiary/aromatic N) is 2. The van der Waals surface area contributed by atoms with Crippen molar-refractivity contribution in [3.05, 3.63) is 15.5 Å². The average Bonchev–Trinajstić information content (AvgIpc) is 3.10. The van der Waals surface area contributed by atoms with Gasteiger partial charge in [0.2, 0.25) is 5.91 Å². The molecule has 2 atom stereocenters. The second kappa shape index (κ2) is 4.73. The lowest BCUT2D eigenvalue weighted by molar-refractivity contribution is -0.174. The molecule has 1 N–H and O–H groups in total.